The lowest BCUT2D eigenvalue weighted by molar-refractivity contribution is -0.121. The summed E-state index contributed by atoms with van der Waals surface area (Å²) in [5.74, 6) is 0.251. The van der Waals surface area contributed by atoms with Gasteiger partial charge in [-0.25, -0.2) is 4.99 Å². The zero-order valence-corrected chi connectivity index (χ0v) is 8.03. The Hall–Kier alpha value is -1.16. The summed E-state index contributed by atoms with van der Waals surface area (Å²) in [4.78, 5) is 15.5. The number of hydrogen-bond donors (Lipinski definition) is 0. The standard InChI is InChI=1S/C9H13NO3/c1-4-6-9(13-3)7(11)5-8(10-6)12-2/h5,9H,4H2,1-3H3. The maximum Gasteiger partial charge on any atom is 0.216 e. The van der Waals surface area contributed by atoms with Gasteiger partial charge in [0.15, 0.2) is 11.9 Å². The topological polar surface area (TPSA) is 47.9 Å². The van der Waals surface area contributed by atoms with Gasteiger partial charge in [-0.15, -0.1) is 0 Å². The number of rotatable bonds is 3. The van der Waals surface area contributed by atoms with Crippen molar-refractivity contribution in [1.82, 2.24) is 0 Å². The Labute approximate surface area is 77.2 Å². The number of ether oxygens (including phenoxy) is 2. The Morgan fingerprint density at radius 1 is 1.54 bits per heavy atom. The second-order valence-corrected chi connectivity index (χ2v) is 2.66. The first-order valence-electron chi connectivity index (χ1n) is 4.12. The van der Waals surface area contributed by atoms with Gasteiger partial charge in [-0.1, -0.05) is 6.92 Å². The summed E-state index contributed by atoms with van der Waals surface area (Å²) < 4.78 is 9.90. The van der Waals surface area contributed by atoms with Crippen LogP contribution in [0.5, 0.6) is 0 Å². The molecule has 72 valence electrons. The predicted molar refractivity (Wildman–Crippen MR) is 48.6 cm³/mol. The van der Waals surface area contributed by atoms with Gasteiger partial charge in [0.2, 0.25) is 5.88 Å². The second kappa shape index (κ2) is 4.18. The molecule has 0 aliphatic carbocycles. The molecule has 0 amide bonds. The normalized spacial score (nSPS) is 22.4. The average Bonchev–Trinajstić information content (AvgIpc) is 2.16. The van der Waals surface area contributed by atoms with Crippen LogP contribution in [-0.2, 0) is 14.3 Å². The number of carbonyl (C=O) groups excluding carboxylic acids is 1. The molecular formula is C9H13NO3. The maximum atomic E-state index is 11.4. The number of aliphatic imine (C=N–C) groups is 1. The molecule has 0 saturated heterocycles. The Morgan fingerprint density at radius 2 is 2.23 bits per heavy atom. The summed E-state index contributed by atoms with van der Waals surface area (Å²) in [5, 5.41) is 0. The number of carbonyl (C=O) groups is 1. The van der Waals surface area contributed by atoms with Gasteiger partial charge in [-0.2, -0.15) is 0 Å². The van der Waals surface area contributed by atoms with Crippen LogP contribution in [0, 0.1) is 0 Å². The monoisotopic (exact) mass is 183 g/mol. The van der Waals surface area contributed by atoms with E-state index in [1.807, 2.05) is 6.92 Å². The van der Waals surface area contributed by atoms with Gasteiger partial charge in [0, 0.05) is 13.2 Å². The Morgan fingerprint density at radius 3 is 2.69 bits per heavy atom. The molecule has 0 bridgehead atoms. The summed E-state index contributed by atoms with van der Waals surface area (Å²) in [7, 11) is 2.99. The van der Waals surface area contributed by atoms with Crippen molar-refractivity contribution in [3.05, 3.63) is 12.0 Å². The highest BCUT2D eigenvalue weighted by atomic mass is 16.5. The second-order valence-electron chi connectivity index (χ2n) is 2.66. The van der Waals surface area contributed by atoms with Crippen LogP contribution in [0.1, 0.15) is 13.3 Å². The van der Waals surface area contributed by atoms with Gasteiger partial charge < -0.3 is 9.47 Å². The summed E-state index contributed by atoms with van der Waals surface area (Å²) in [6.45, 7) is 1.93. The molecule has 4 nitrogen and oxygen atoms in total. The minimum atomic E-state index is -0.524. The zero-order valence-electron chi connectivity index (χ0n) is 8.03. The molecule has 1 heterocycles. The first kappa shape index (κ1) is 9.92. The van der Waals surface area contributed by atoms with Crippen molar-refractivity contribution in [2.45, 2.75) is 19.4 Å². The van der Waals surface area contributed by atoms with Crippen molar-refractivity contribution in [3.63, 3.8) is 0 Å². The van der Waals surface area contributed by atoms with E-state index in [-0.39, 0.29) is 5.78 Å². The Balaban J connectivity index is 2.92. The SMILES string of the molecule is CCC1=NC(OC)=CC(=O)C1OC. The third-order valence-electron chi connectivity index (χ3n) is 1.89. The van der Waals surface area contributed by atoms with Crippen molar-refractivity contribution in [2.75, 3.05) is 14.2 Å². The van der Waals surface area contributed by atoms with Gasteiger partial charge in [0.05, 0.1) is 12.8 Å². The summed E-state index contributed by atoms with van der Waals surface area (Å²) >= 11 is 0. The highest BCUT2D eigenvalue weighted by Gasteiger charge is 2.25. The first-order chi connectivity index (χ1) is 6.22. The fraction of sp³-hybridized carbons (Fsp3) is 0.556. The lowest BCUT2D eigenvalue weighted by Gasteiger charge is -2.18. The molecule has 1 aliphatic heterocycles. The van der Waals surface area contributed by atoms with E-state index in [1.54, 1.807) is 0 Å². The van der Waals surface area contributed by atoms with Crippen molar-refractivity contribution in [3.8, 4) is 0 Å². The highest BCUT2D eigenvalue weighted by molar-refractivity contribution is 6.14. The molecule has 1 rings (SSSR count). The molecule has 0 aromatic rings. The molecule has 0 aromatic carbocycles. The lowest BCUT2D eigenvalue weighted by Crippen LogP contribution is -2.33. The highest BCUT2D eigenvalue weighted by Crippen LogP contribution is 2.13. The smallest absolute Gasteiger partial charge is 0.216 e. The van der Waals surface area contributed by atoms with Crippen LogP contribution in [0.3, 0.4) is 0 Å². The fourth-order valence-electron chi connectivity index (χ4n) is 1.22. The van der Waals surface area contributed by atoms with Gasteiger partial charge >= 0.3 is 0 Å². The van der Waals surface area contributed by atoms with Crippen LogP contribution in [0.2, 0.25) is 0 Å². The summed E-state index contributed by atoms with van der Waals surface area (Å²) in [6, 6.07) is 0. The van der Waals surface area contributed by atoms with E-state index in [4.69, 9.17) is 9.47 Å². The van der Waals surface area contributed by atoms with E-state index >= 15 is 0 Å². The third kappa shape index (κ3) is 1.95. The van der Waals surface area contributed by atoms with Gasteiger partial charge in [-0.05, 0) is 6.42 Å². The van der Waals surface area contributed by atoms with E-state index in [9.17, 15) is 4.79 Å². The minimum absolute atomic E-state index is 0.105. The molecule has 0 saturated carbocycles. The Bertz CT molecular complexity index is 268. The van der Waals surface area contributed by atoms with Crippen LogP contribution in [-0.4, -0.2) is 31.8 Å². The van der Waals surface area contributed by atoms with Crippen LogP contribution < -0.4 is 0 Å². The molecule has 13 heavy (non-hydrogen) atoms. The molecule has 0 radical (unpaired) electrons. The van der Waals surface area contributed by atoms with E-state index in [0.717, 1.165) is 0 Å². The molecule has 4 heteroatoms. The Kier molecular flexibility index (Phi) is 3.19. The van der Waals surface area contributed by atoms with E-state index in [1.165, 1.54) is 20.3 Å². The number of methoxy groups -OCH3 is 2. The zero-order chi connectivity index (χ0) is 9.84. The molecule has 0 fully saturated rings. The van der Waals surface area contributed by atoms with Crippen LogP contribution in [0.4, 0.5) is 0 Å². The largest absolute Gasteiger partial charge is 0.481 e. The van der Waals surface area contributed by atoms with Crippen molar-refractivity contribution >= 4 is 11.5 Å². The van der Waals surface area contributed by atoms with Crippen LogP contribution >= 0.6 is 0 Å². The lowest BCUT2D eigenvalue weighted by atomic mass is 10.1. The quantitative estimate of drug-likeness (QED) is 0.653. The molecule has 1 atom stereocenters. The summed E-state index contributed by atoms with van der Waals surface area (Å²) in [6.07, 6.45) is 1.52. The average molecular weight is 183 g/mol. The van der Waals surface area contributed by atoms with Gasteiger partial charge in [0.25, 0.3) is 0 Å². The van der Waals surface area contributed by atoms with Gasteiger partial charge in [-0.3, -0.25) is 4.79 Å². The predicted octanol–water partition coefficient (Wildman–Crippen LogP) is 0.923. The number of ketones is 1. The van der Waals surface area contributed by atoms with Gasteiger partial charge in [0.1, 0.15) is 0 Å². The molecule has 1 unspecified atom stereocenters. The molecule has 0 aromatic heterocycles. The first-order valence-corrected chi connectivity index (χ1v) is 4.12. The molecule has 1 aliphatic rings. The molecule has 0 N–H and O–H groups in total. The molecular weight excluding hydrogens is 170 g/mol. The maximum absolute atomic E-state index is 11.4. The van der Waals surface area contributed by atoms with E-state index < -0.39 is 6.10 Å². The minimum Gasteiger partial charge on any atom is -0.481 e. The summed E-state index contributed by atoms with van der Waals surface area (Å²) in [5.41, 5.74) is 0.715. The van der Waals surface area contributed by atoms with E-state index in [0.29, 0.717) is 18.0 Å². The fourth-order valence-corrected chi connectivity index (χ4v) is 1.22. The van der Waals surface area contributed by atoms with Crippen molar-refractivity contribution < 1.29 is 14.3 Å². The van der Waals surface area contributed by atoms with Crippen molar-refractivity contribution in [2.24, 2.45) is 4.99 Å². The van der Waals surface area contributed by atoms with Crippen LogP contribution in [0.25, 0.3) is 0 Å². The number of hydrogen-bond acceptors (Lipinski definition) is 4. The third-order valence-corrected chi connectivity index (χ3v) is 1.89. The van der Waals surface area contributed by atoms with E-state index in [2.05, 4.69) is 4.99 Å². The molecule has 0 spiro atoms. The van der Waals surface area contributed by atoms with Crippen molar-refractivity contribution in [1.29, 1.82) is 0 Å². The van der Waals surface area contributed by atoms with Crippen LogP contribution in [0.15, 0.2) is 17.0 Å². The number of nitrogens with zero attached hydrogens (tertiary/aromatic N) is 1.